The Labute approximate surface area is 196 Å². The predicted octanol–water partition coefficient (Wildman–Crippen LogP) is -3.18. The number of carbonyl (C=O) groups is 5. The van der Waals surface area contributed by atoms with Crippen LogP contribution in [-0.4, -0.2) is 73.8 Å². The first-order valence-corrected chi connectivity index (χ1v) is 10.8. The van der Waals surface area contributed by atoms with Crippen LogP contribution in [0.4, 0.5) is 0 Å². The first-order valence-electron chi connectivity index (χ1n) is 10.8. The van der Waals surface area contributed by atoms with E-state index in [-0.39, 0.29) is 25.3 Å². The molecule has 1 aliphatic rings. The van der Waals surface area contributed by atoms with E-state index in [1.807, 2.05) is 6.07 Å². The fourth-order valence-electron chi connectivity index (χ4n) is 3.17. The highest BCUT2D eigenvalue weighted by Crippen LogP contribution is 2.04. The van der Waals surface area contributed by atoms with Crippen molar-refractivity contribution in [3.8, 4) is 0 Å². The van der Waals surface area contributed by atoms with E-state index in [9.17, 15) is 24.0 Å². The molecule has 2 rings (SSSR count). The Balaban J connectivity index is 2.10. The second kappa shape index (κ2) is 13.4. The summed E-state index contributed by atoms with van der Waals surface area (Å²) in [6.07, 6.45) is 0.776. The molecule has 1 aliphatic heterocycles. The molecule has 0 bridgehead atoms. The van der Waals surface area contributed by atoms with Gasteiger partial charge in [-0.2, -0.15) is 0 Å². The van der Waals surface area contributed by atoms with Gasteiger partial charge in [0.2, 0.25) is 29.5 Å². The minimum atomic E-state index is -0.976. The Kier molecular flexibility index (Phi) is 10.3. The molecule has 34 heavy (non-hydrogen) atoms. The van der Waals surface area contributed by atoms with Crippen molar-refractivity contribution >= 4 is 35.5 Å². The molecule has 1 saturated heterocycles. The van der Waals surface area contributed by atoms with Crippen LogP contribution in [0.2, 0.25) is 0 Å². The summed E-state index contributed by atoms with van der Waals surface area (Å²) in [6.45, 7) is -0.882. The molecule has 13 nitrogen and oxygen atoms in total. The van der Waals surface area contributed by atoms with Crippen LogP contribution in [0, 0.1) is 5.41 Å². The molecule has 1 heterocycles. The van der Waals surface area contributed by atoms with Crippen molar-refractivity contribution in [1.82, 2.24) is 31.9 Å². The molecule has 9 N–H and O–H groups in total. The van der Waals surface area contributed by atoms with Crippen LogP contribution in [0.25, 0.3) is 0 Å². The highest BCUT2D eigenvalue weighted by atomic mass is 16.2. The number of nitrogens with two attached hydrogens (primary N) is 1. The fourth-order valence-corrected chi connectivity index (χ4v) is 3.17. The summed E-state index contributed by atoms with van der Waals surface area (Å²) >= 11 is 0. The number of carbonyl (C=O) groups excluding carboxylic acids is 5. The van der Waals surface area contributed by atoms with Crippen LogP contribution in [-0.2, 0) is 30.4 Å². The molecule has 1 fully saturated rings. The lowest BCUT2D eigenvalue weighted by molar-refractivity contribution is -0.131. The van der Waals surface area contributed by atoms with Crippen LogP contribution < -0.4 is 37.6 Å². The molecule has 1 aromatic carbocycles. The van der Waals surface area contributed by atoms with Gasteiger partial charge in [0.1, 0.15) is 12.1 Å². The maximum Gasteiger partial charge on any atom is 0.243 e. The number of benzene rings is 1. The number of rotatable bonds is 6. The number of guanidine groups is 1. The summed E-state index contributed by atoms with van der Waals surface area (Å²) in [6, 6.07) is 7.06. The molecule has 0 spiro atoms. The van der Waals surface area contributed by atoms with Crippen LogP contribution >= 0.6 is 0 Å². The fraction of sp³-hybridized carbons (Fsp3) is 0.429. The van der Waals surface area contributed by atoms with Gasteiger partial charge >= 0.3 is 0 Å². The van der Waals surface area contributed by atoms with Crippen molar-refractivity contribution in [2.24, 2.45) is 5.73 Å². The van der Waals surface area contributed by atoms with E-state index >= 15 is 0 Å². The molecule has 0 unspecified atom stereocenters. The van der Waals surface area contributed by atoms with Crippen molar-refractivity contribution in [2.45, 2.75) is 31.3 Å². The first-order chi connectivity index (χ1) is 16.2. The van der Waals surface area contributed by atoms with Gasteiger partial charge in [0.05, 0.1) is 19.6 Å². The number of hydrogen-bond donors (Lipinski definition) is 8. The second-order valence-electron chi connectivity index (χ2n) is 7.62. The summed E-state index contributed by atoms with van der Waals surface area (Å²) in [7, 11) is 0. The largest absolute Gasteiger partial charge is 0.370 e. The van der Waals surface area contributed by atoms with E-state index in [1.165, 1.54) is 0 Å². The lowest BCUT2D eigenvalue weighted by atomic mass is 10.1. The van der Waals surface area contributed by atoms with Crippen LogP contribution in [0.3, 0.4) is 0 Å². The second-order valence-corrected chi connectivity index (χ2v) is 7.62. The topological polar surface area (TPSA) is 207 Å². The Hall–Kier alpha value is -4.16. The van der Waals surface area contributed by atoms with Gasteiger partial charge in [0.15, 0.2) is 5.96 Å². The van der Waals surface area contributed by atoms with Crippen LogP contribution in [0.5, 0.6) is 0 Å². The average molecular weight is 475 g/mol. The SMILES string of the molecule is N=C(N)NCCC[C@@H]1NC(=O)CNC(=O)[C@@H](Cc2ccccc2)NC(=O)CNC(=O)CNC1=O. The Morgan fingerprint density at radius 3 is 2.06 bits per heavy atom. The number of amides is 5. The maximum atomic E-state index is 12.7. The van der Waals surface area contributed by atoms with Gasteiger partial charge in [-0.1, -0.05) is 30.3 Å². The summed E-state index contributed by atoms with van der Waals surface area (Å²) in [5.41, 5.74) is 6.02. The van der Waals surface area contributed by atoms with E-state index in [0.29, 0.717) is 13.0 Å². The smallest absolute Gasteiger partial charge is 0.243 e. The molecule has 0 aromatic heterocycles. The molecule has 0 saturated carbocycles. The van der Waals surface area contributed by atoms with Gasteiger partial charge in [-0.25, -0.2) is 0 Å². The third kappa shape index (κ3) is 9.54. The van der Waals surface area contributed by atoms with E-state index in [0.717, 1.165) is 5.56 Å². The van der Waals surface area contributed by atoms with Crippen LogP contribution in [0.15, 0.2) is 30.3 Å². The summed E-state index contributed by atoms with van der Waals surface area (Å²) < 4.78 is 0. The molecule has 5 amide bonds. The lowest BCUT2D eigenvalue weighted by Crippen LogP contribution is -2.53. The van der Waals surface area contributed by atoms with Gasteiger partial charge < -0.3 is 37.6 Å². The molecular weight excluding hydrogens is 444 g/mol. The molecule has 0 aliphatic carbocycles. The zero-order valence-electron chi connectivity index (χ0n) is 18.6. The molecule has 1 aromatic rings. The van der Waals surface area contributed by atoms with Gasteiger partial charge in [-0.05, 0) is 18.4 Å². The normalized spacial score (nSPS) is 20.4. The highest BCUT2D eigenvalue weighted by molar-refractivity contribution is 5.95. The van der Waals surface area contributed by atoms with Gasteiger partial charge in [-0.15, -0.1) is 0 Å². The molecule has 184 valence electrons. The zero-order valence-corrected chi connectivity index (χ0v) is 18.6. The quantitative estimate of drug-likeness (QED) is 0.120. The maximum absolute atomic E-state index is 12.7. The minimum Gasteiger partial charge on any atom is -0.370 e. The minimum absolute atomic E-state index is 0.180. The van der Waals surface area contributed by atoms with Crippen molar-refractivity contribution in [1.29, 1.82) is 5.41 Å². The lowest BCUT2D eigenvalue weighted by Gasteiger charge is -2.20. The standard InChI is InChI=1S/C21H30N8O5/c22-21(23)24-8-4-7-14-19(33)26-10-16(30)25-11-17(31)29-15(9-13-5-2-1-3-6-13)20(34)27-12-18(32)28-14/h1-3,5-6,14-15H,4,7-12H2,(H,25,30)(H,26,33)(H,27,34)(H,28,32)(H,29,31)(H4,22,23,24)/t14-,15+/m0/s1. The summed E-state index contributed by atoms with van der Waals surface area (Å²) in [5.74, 6) is -3.21. The molecular formula is C21H30N8O5. The van der Waals surface area contributed by atoms with E-state index in [1.54, 1.807) is 24.3 Å². The van der Waals surface area contributed by atoms with E-state index in [4.69, 9.17) is 11.1 Å². The molecule has 13 heteroatoms. The highest BCUT2D eigenvalue weighted by Gasteiger charge is 2.25. The summed E-state index contributed by atoms with van der Waals surface area (Å²) in [4.78, 5) is 62.0. The summed E-state index contributed by atoms with van der Waals surface area (Å²) in [5, 5.41) is 22.1. The van der Waals surface area contributed by atoms with E-state index < -0.39 is 54.7 Å². The number of hydrogen-bond acceptors (Lipinski definition) is 6. The monoisotopic (exact) mass is 474 g/mol. The van der Waals surface area contributed by atoms with Crippen molar-refractivity contribution in [3.63, 3.8) is 0 Å². The Bertz CT molecular complexity index is 908. The van der Waals surface area contributed by atoms with Crippen molar-refractivity contribution < 1.29 is 24.0 Å². The third-order valence-corrected chi connectivity index (χ3v) is 4.86. The molecule has 0 radical (unpaired) electrons. The molecule has 2 atom stereocenters. The zero-order chi connectivity index (χ0) is 24.9. The first kappa shape index (κ1) is 26.1. The van der Waals surface area contributed by atoms with E-state index in [2.05, 4.69) is 31.9 Å². The predicted molar refractivity (Wildman–Crippen MR) is 122 cm³/mol. The Morgan fingerprint density at radius 1 is 0.853 bits per heavy atom. The van der Waals surface area contributed by atoms with Crippen LogP contribution in [0.1, 0.15) is 18.4 Å². The number of nitrogens with one attached hydrogen (secondary N) is 7. The van der Waals surface area contributed by atoms with Crippen molar-refractivity contribution in [3.05, 3.63) is 35.9 Å². The van der Waals surface area contributed by atoms with Gasteiger partial charge in [0, 0.05) is 13.0 Å². The third-order valence-electron chi connectivity index (χ3n) is 4.86. The average Bonchev–Trinajstić information content (AvgIpc) is 2.81. The van der Waals surface area contributed by atoms with Gasteiger partial charge in [-0.3, -0.25) is 29.4 Å². The van der Waals surface area contributed by atoms with Gasteiger partial charge in [0.25, 0.3) is 0 Å². The van der Waals surface area contributed by atoms with Crippen molar-refractivity contribution in [2.75, 3.05) is 26.2 Å². The Morgan fingerprint density at radius 2 is 1.41 bits per heavy atom.